The van der Waals surface area contributed by atoms with Gasteiger partial charge in [-0.05, 0) is 36.6 Å². The lowest BCUT2D eigenvalue weighted by Crippen LogP contribution is -2.85. The zero-order valence-corrected chi connectivity index (χ0v) is 14.9. The highest BCUT2D eigenvalue weighted by atomic mass is 32.1. The molecule has 0 aliphatic heterocycles. The third-order valence-corrected chi connectivity index (χ3v) is 4.39. The molecule has 0 radical (unpaired) electrons. The fourth-order valence-corrected chi connectivity index (χ4v) is 2.96. The van der Waals surface area contributed by atoms with Gasteiger partial charge in [-0.2, -0.15) is 0 Å². The number of thiophene rings is 1. The van der Waals surface area contributed by atoms with E-state index in [4.69, 9.17) is 9.47 Å². The molecular weight excluding hydrogens is 308 g/mol. The molecule has 4 N–H and O–H groups in total. The van der Waals surface area contributed by atoms with Crippen LogP contribution in [0.4, 0.5) is 0 Å². The maximum Gasteiger partial charge on any atom is 0.161 e. The van der Waals surface area contributed by atoms with Gasteiger partial charge in [0, 0.05) is 16.9 Å². The second-order valence-electron chi connectivity index (χ2n) is 5.41. The Bertz CT molecular complexity index is 558. The number of hydrogen-bond acceptors (Lipinski definition) is 3. The van der Waals surface area contributed by atoms with Crippen molar-refractivity contribution in [2.24, 2.45) is 0 Å². The minimum atomic E-state index is 0.594. The van der Waals surface area contributed by atoms with Crippen LogP contribution < -0.4 is 20.1 Å². The number of quaternary nitrogens is 2. The summed E-state index contributed by atoms with van der Waals surface area (Å²) in [6, 6.07) is 10.4. The quantitative estimate of drug-likeness (QED) is 0.609. The molecule has 1 aromatic carbocycles. The second kappa shape index (κ2) is 10.3. The summed E-state index contributed by atoms with van der Waals surface area (Å²) in [5.41, 5.74) is 1.28. The molecule has 0 saturated heterocycles. The Balaban J connectivity index is 1.91. The summed E-state index contributed by atoms with van der Waals surface area (Å²) < 4.78 is 11.7. The van der Waals surface area contributed by atoms with Crippen molar-refractivity contribution in [2.45, 2.75) is 26.5 Å². The first-order valence-corrected chi connectivity index (χ1v) is 9.21. The lowest BCUT2D eigenvalue weighted by molar-refractivity contribution is -0.682. The Labute approximate surface area is 142 Å². The Morgan fingerprint density at radius 2 is 2.00 bits per heavy atom. The number of rotatable bonds is 11. The molecule has 0 spiro atoms. The predicted molar refractivity (Wildman–Crippen MR) is 94.1 cm³/mol. The third-order valence-electron chi connectivity index (χ3n) is 3.54. The predicted octanol–water partition coefficient (Wildman–Crippen LogP) is 1.37. The van der Waals surface area contributed by atoms with E-state index < -0.39 is 0 Å². The molecule has 2 rings (SSSR count). The van der Waals surface area contributed by atoms with Gasteiger partial charge < -0.3 is 20.1 Å². The standard InChI is InChI=1S/C18H26N2O2S/c1-3-21-18-12-15(13-20-10-5-9-19-2)7-8-17(18)22-14-16-6-4-11-23-16/h4,6-8,11-12,19-20H,3,5,9-10,13-14H2,1-2H3/p+2. The highest BCUT2D eigenvalue weighted by Gasteiger charge is 2.08. The van der Waals surface area contributed by atoms with Crippen LogP contribution >= 0.6 is 11.3 Å². The lowest BCUT2D eigenvalue weighted by Gasteiger charge is -2.12. The van der Waals surface area contributed by atoms with Gasteiger partial charge in [0.2, 0.25) is 0 Å². The van der Waals surface area contributed by atoms with Gasteiger partial charge in [-0.1, -0.05) is 6.07 Å². The first-order valence-electron chi connectivity index (χ1n) is 8.34. The van der Waals surface area contributed by atoms with Crippen molar-refractivity contribution in [3.8, 4) is 11.5 Å². The van der Waals surface area contributed by atoms with E-state index >= 15 is 0 Å². The fourth-order valence-electron chi connectivity index (χ4n) is 2.35. The Kier molecular flexibility index (Phi) is 7.93. The van der Waals surface area contributed by atoms with Gasteiger partial charge in [0.15, 0.2) is 11.5 Å². The molecule has 1 aromatic heterocycles. The molecule has 2 aromatic rings. The molecule has 5 heteroatoms. The lowest BCUT2D eigenvalue weighted by atomic mass is 10.2. The van der Waals surface area contributed by atoms with E-state index in [1.165, 1.54) is 23.4 Å². The molecule has 126 valence electrons. The molecule has 4 nitrogen and oxygen atoms in total. The molecule has 0 aliphatic rings. The number of ether oxygens (including phenoxy) is 2. The minimum absolute atomic E-state index is 0.594. The van der Waals surface area contributed by atoms with Gasteiger partial charge in [0.1, 0.15) is 13.2 Å². The minimum Gasteiger partial charge on any atom is -0.490 e. The Morgan fingerprint density at radius 1 is 1.09 bits per heavy atom. The van der Waals surface area contributed by atoms with Crippen LogP contribution in [0.2, 0.25) is 0 Å². The van der Waals surface area contributed by atoms with Crippen LogP contribution in [-0.2, 0) is 13.2 Å². The van der Waals surface area contributed by atoms with Crippen LogP contribution in [-0.4, -0.2) is 26.7 Å². The summed E-state index contributed by atoms with van der Waals surface area (Å²) in [5, 5.41) is 6.64. The Hall–Kier alpha value is -1.56. The normalized spacial score (nSPS) is 10.7. The van der Waals surface area contributed by atoms with Crippen molar-refractivity contribution >= 4 is 11.3 Å². The molecule has 0 unspecified atom stereocenters. The van der Waals surface area contributed by atoms with Crippen molar-refractivity contribution in [2.75, 3.05) is 26.7 Å². The molecule has 0 aliphatic carbocycles. The molecule has 1 heterocycles. The van der Waals surface area contributed by atoms with Crippen molar-refractivity contribution in [1.82, 2.24) is 0 Å². The van der Waals surface area contributed by atoms with Crippen molar-refractivity contribution in [3.63, 3.8) is 0 Å². The zero-order chi connectivity index (χ0) is 16.3. The largest absolute Gasteiger partial charge is 0.490 e. The van der Waals surface area contributed by atoms with Crippen LogP contribution in [0.25, 0.3) is 0 Å². The molecule has 0 fully saturated rings. The van der Waals surface area contributed by atoms with Crippen molar-refractivity contribution in [3.05, 3.63) is 46.2 Å². The van der Waals surface area contributed by atoms with E-state index in [-0.39, 0.29) is 0 Å². The van der Waals surface area contributed by atoms with Gasteiger partial charge in [0.25, 0.3) is 0 Å². The first kappa shape index (κ1) is 17.8. The summed E-state index contributed by atoms with van der Waals surface area (Å²) >= 11 is 1.71. The van der Waals surface area contributed by atoms with E-state index in [0.29, 0.717) is 13.2 Å². The average molecular weight is 337 g/mol. The number of nitrogens with two attached hydrogens (primary N) is 2. The smallest absolute Gasteiger partial charge is 0.161 e. The van der Waals surface area contributed by atoms with E-state index in [9.17, 15) is 0 Å². The van der Waals surface area contributed by atoms with Gasteiger partial charge in [0.05, 0.1) is 26.7 Å². The van der Waals surface area contributed by atoms with Gasteiger partial charge in [-0.25, -0.2) is 0 Å². The van der Waals surface area contributed by atoms with Crippen LogP contribution in [0.5, 0.6) is 11.5 Å². The van der Waals surface area contributed by atoms with Crippen molar-refractivity contribution < 1.29 is 20.1 Å². The van der Waals surface area contributed by atoms with E-state index in [1.54, 1.807) is 11.3 Å². The molecular formula is C18H28N2O2S+2. The zero-order valence-electron chi connectivity index (χ0n) is 14.1. The number of hydrogen-bond donors (Lipinski definition) is 2. The number of benzene rings is 1. The van der Waals surface area contributed by atoms with Crippen LogP contribution in [0, 0.1) is 0 Å². The highest BCUT2D eigenvalue weighted by molar-refractivity contribution is 7.09. The van der Waals surface area contributed by atoms with E-state index in [1.807, 2.05) is 19.1 Å². The SMILES string of the molecule is CCOc1cc(C[NH2+]CCC[NH2+]C)ccc1OCc1cccs1. The van der Waals surface area contributed by atoms with E-state index in [0.717, 1.165) is 24.6 Å². The second-order valence-corrected chi connectivity index (χ2v) is 6.45. The molecule has 23 heavy (non-hydrogen) atoms. The first-order chi connectivity index (χ1) is 11.3. The Morgan fingerprint density at radius 3 is 2.74 bits per heavy atom. The van der Waals surface area contributed by atoms with Crippen LogP contribution in [0.3, 0.4) is 0 Å². The molecule has 0 saturated carbocycles. The highest BCUT2D eigenvalue weighted by Crippen LogP contribution is 2.29. The van der Waals surface area contributed by atoms with Crippen LogP contribution in [0.1, 0.15) is 23.8 Å². The summed E-state index contributed by atoms with van der Waals surface area (Å²) in [6.07, 6.45) is 1.23. The van der Waals surface area contributed by atoms with Crippen LogP contribution in [0.15, 0.2) is 35.7 Å². The van der Waals surface area contributed by atoms with Gasteiger partial charge in [-0.3, -0.25) is 0 Å². The monoisotopic (exact) mass is 336 g/mol. The maximum absolute atomic E-state index is 5.92. The average Bonchev–Trinajstić information content (AvgIpc) is 3.08. The maximum atomic E-state index is 5.92. The van der Waals surface area contributed by atoms with Gasteiger partial charge >= 0.3 is 0 Å². The topological polar surface area (TPSA) is 51.7 Å². The summed E-state index contributed by atoms with van der Waals surface area (Å²) in [5.74, 6) is 1.67. The summed E-state index contributed by atoms with van der Waals surface area (Å²) in [6.45, 7) is 6.57. The summed E-state index contributed by atoms with van der Waals surface area (Å²) in [4.78, 5) is 1.22. The van der Waals surface area contributed by atoms with Crippen molar-refractivity contribution in [1.29, 1.82) is 0 Å². The van der Waals surface area contributed by atoms with Gasteiger partial charge in [-0.15, -0.1) is 11.3 Å². The molecule has 0 atom stereocenters. The molecule has 0 amide bonds. The summed E-state index contributed by atoms with van der Waals surface area (Å²) in [7, 11) is 2.11. The van der Waals surface area contributed by atoms with E-state index in [2.05, 4.69) is 41.3 Å². The third kappa shape index (κ3) is 6.22. The molecule has 0 bridgehead atoms. The fraction of sp³-hybridized carbons (Fsp3) is 0.444.